The van der Waals surface area contributed by atoms with Gasteiger partial charge in [-0.3, -0.25) is 9.59 Å². The van der Waals surface area contributed by atoms with Crippen LogP contribution in [-0.4, -0.2) is 28.3 Å². The molecule has 2 amide bonds. The van der Waals surface area contributed by atoms with Gasteiger partial charge in [0.2, 0.25) is 11.9 Å². The van der Waals surface area contributed by atoms with Gasteiger partial charge in [0.25, 0.3) is 5.91 Å². The first-order valence-corrected chi connectivity index (χ1v) is 9.12. The average Bonchev–Trinajstić information content (AvgIpc) is 2.69. The standard InChI is InChI=1S/C21H22N6O2/c1-3-27(17-10-5-4-6-11-17)20-18(19(22)29)13-23-21(26-20)25-16-9-7-8-15(12-16)24-14(2)28/h4-13H,3H2,1-2H3,(H2,22,29)(H,24,28)(H,23,25,26). The van der Waals surface area contributed by atoms with E-state index in [4.69, 9.17) is 5.73 Å². The van der Waals surface area contributed by atoms with Gasteiger partial charge in [-0.25, -0.2) is 4.98 Å². The lowest BCUT2D eigenvalue weighted by Gasteiger charge is -2.24. The highest BCUT2D eigenvalue weighted by atomic mass is 16.1. The molecule has 0 fully saturated rings. The Hall–Kier alpha value is -3.94. The molecule has 0 atom stereocenters. The van der Waals surface area contributed by atoms with Gasteiger partial charge in [0.05, 0.1) is 0 Å². The van der Waals surface area contributed by atoms with E-state index in [-0.39, 0.29) is 11.5 Å². The summed E-state index contributed by atoms with van der Waals surface area (Å²) in [6.07, 6.45) is 1.41. The lowest BCUT2D eigenvalue weighted by molar-refractivity contribution is -0.114. The summed E-state index contributed by atoms with van der Waals surface area (Å²) in [5.74, 6) is -0.0393. The molecule has 0 radical (unpaired) electrons. The van der Waals surface area contributed by atoms with Gasteiger partial charge in [0.15, 0.2) is 5.82 Å². The van der Waals surface area contributed by atoms with Gasteiger partial charge < -0.3 is 21.3 Å². The van der Waals surface area contributed by atoms with E-state index in [1.54, 1.807) is 18.2 Å². The SMILES string of the molecule is CCN(c1ccccc1)c1nc(Nc2cccc(NC(C)=O)c2)ncc1C(N)=O. The zero-order valence-electron chi connectivity index (χ0n) is 16.2. The van der Waals surface area contributed by atoms with Crippen molar-refractivity contribution < 1.29 is 9.59 Å². The second-order valence-electron chi connectivity index (χ2n) is 6.26. The number of nitrogens with one attached hydrogen (secondary N) is 2. The van der Waals surface area contributed by atoms with Crippen molar-refractivity contribution in [2.45, 2.75) is 13.8 Å². The van der Waals surface area contributed by atoms with Crippen molar-refractivity contribution in [1.82, 2.24) is 9.97 Å². The van der Waals surface area contributed by atoms with Crippen molar-refractivity contribution in [3.05, 3.63) is 66.4 Å². The maximum atomic E-state index is 11.9. The van der Waals surface area contributed by atoms with Gasteiger partial charge in [0, 0.05) is 36.7 Å². The fraction of sp³-hybridized carbons (Fsp3) is 0.143. The summed E-state index contributed by atoms with van der Waals surface area (Å²) < 4.78 is 0. The number of carbonyl (C=O) groups excluding carboxylic acids is 2. The van der Waals surface area contributed by atoms with Crippen LogP contribution in [0.15, 0.2) is 60.8 Å². The Balaban J connectivity index is 1.97. The number of carbonyl (C=O) groups is 2. The highest BCUT2D eigenvalue weighted by Crippen LogP contribution is 2.28. The van der Waals surface area contributed by atoms with Crippen molar-refractivity contribution in [1.29, 1.82) is 0 Å². The lowest BCUT2D eigenvalue weighted by atomic mass is 10.2. The zero-order chi connectivity index (χ0) is 20.8. The molecule has 1 heterocycles. The van der Waals surface area contributed by atoms with E-state index in [2.05, 4.69) is 20.6 Å². The summed E-state index contributed by atoms with van der Waals surface area (Å²) in [6, 6.07) is 16.8. The normalized spacial score (nSPS) is 10.3. The Labute approximate surface area is 168 Å². The van der Waals surface area contributed by atoms with Crippen LogP contribution in [-0.2, 0) is 4.79 Å². The summed E-state index contributed by atoms with van der Waals surface area (Å²) in [5, 5.41) is 5.83. The first-order valence-electron chi connectivity index (χ1n) is 9.12. The molecule has 8 heteroatoms. The maximum Gasteiger partial charge on any atom is 0.254 e. The number of hydrogen-bond acceptors (Lipinski definition) is 6. The highest BCUT2D eigenvalue weighted by Gasteiger charge is 2.19. The molecule has 3 aromatic rings. The smallest absolute Gasteiger partial charge is 0.254 e. The Kier molecular flexibility index (Phi) is 6.03. The number of benzene rings is 2. The van der Waals surface area contributed by atoms with Gasteiger partial charge in [-0.15, -0.1) is 0 Å². The van der Waals surface area contributed by atoms with Gasteiger partial charge in [-0.2, -0.15) is 4.98 Å². The molecule has 0 unspecified atom stereocenters. The molecule has 0 saturated heterocycles. The van der Waals surface area contributed by atoms with Crippen molar-refractivity contribution in [3.63, 3.8) is 0 Å². The quantitative estimate of drug-likeness (QED) is 0.570. The van der Waals surface area contributed by atoms with Crippen LogP contribution >= 0.6 is 0 Å². The Bertz CT molecular complexity index is 1020. The molecule has 1 aromatic heterocycles. The third-order valence-corrected chi connectivity index (χ3v) is 4.11. The van der Waals surface area contributed by atoms with E-state index in [0.29, 0.717) is 29.7 Å². The van der Waals surface area contributed by atoms with Crippen LogP contribution < -0.4 is 21.3 Å². The van der Waals surface area contributed by atoms with Crippen LogP contribution in [0, 0.1) is 0 Å². The van der Waals surface area contributed by atoms with Gasteiger partial charge in [-0.05, 0) is 37.3 Å². The topological polar surface area (TPSA) is 113 Å². The van der Waals surface area contributed by atoms with Gasteiger partial charge in [-0.1, -0.05) is 24.3 Å². The maximum absolute atomic E-state index is 11.9. The number of nitrogens with two attached hydrogens (primary N) is 1. The predicted molar refractivity (Wildman–Crippen MR) is 114 cm³/mol. The third kappa shape index (κ3) is 4.86. The molecular formula is C21H22N6O2. The molecule has 0 saturated carbocycles. The number of anilines is 5. The first-order chi connectivity index (χ1) is 14.0. The fourth-order valence-corrected chi connectivity index (χ4v) is 2.88. The van der Waals surface area contributed by atoms with Crippen molar-refractivity contribution in [3.8, 4) is 0 Å². The van der Waals surface area contributed by atoms with E-state index in [1.165, 1.54) is 13.1 Å². The largest absolute Gasteiger partial charge is 0.365 e. The van der Waals surface area contributed by atoms with Crippen LogP contribution in [0.1, 0.15) is 24.2 Å². The number of rotatable bonds is 7. The van der Waals surface area contributed by atoms with Crippen LogP contribution in [0.3, 0.4) is 0 Å². The van der Waals surface area contributed by atoms with E-state index < -0.39 is 5.91 Å². The number of primary amides is 1. The minimum Gasteiger partial charge on any atom is -0.365 e. The Morgan fingerprint density at radius 3 is 2.45 bits per heavy atom. The zero-order valence-corrected chi connectivity index (χ0v) is 16.2. The Morgan fingerprint density at radius 2 is 1.79 bits per heavy atom. The van der Waals surface area contributed by atoms with Crippen LogP contribution in [0.2, 0.25) is 0 Å². The lowest BCUT2D eigenvalue weighted by Crippen LogP contribution is -2.24. The van der Waals surface area contributed by atoms with Crippen LogP contribution in [0.25, 0.3) is 0 Å². The second-order valence-corrected chi connectivity index (χ2v) is 6.26. The van der Waals surface area contributed by atoms with Crippen molar-refractivity contribution in [2.24, 2.45) is 5.73 Å². The summed E-state index contributed by atoms with van der Waals surface area (Å²) in [7, 11) is 0. The fourth-order valence-electron chi connectivity index (χ4n) is 2.88. The van der Waals surface area contributed by atoms with E-state index >= 15 is 0 Å². The summed E-state index contributed by atoms with van der Waals surface area (Å²) in [5.41, 5.74) is 8.00. The predicted octanol–water partition coefficient (Wildman–Crippen LogP) is 3.44. The van der Waals surface area contributed by atoms with E-state index in [1.807, 2.05) is 48.2 Å². The van der Waals surface area contributed by atoms with Crippen LogP contribution in [0.4, 0.5) is 28.8 Å². The molecule has 0 aliphatic carbocycles. The number of para-hydroxylation sites is 1. The van der Waals surface area contributed by atoms with Crippen molar-refractivity contribution in [2.75, 3.05) is 22.1 Å². The summed E-state index contributed by atoms with van der Waals surface area (Å²) >= 11 is 0. The van der Waals surface area contributed by atoms with Crippen molar-refractivity contribution >= 4 is 40.6 Å². The summed E-state index contributed by atoms with van der Waals surface area (Å²) in [4.78, 5) is 33.9. The molecule has 0 spiro atoms. The molecule has 0 bridgehead atoms. The number of nitrogens with zero attached hydrogens (tertiary/aromatic N) is 3. The molecular weight excluding hydrogens is 368 g/mol. The minimum absolute atomic E-state index is 0.159. The first kappa shape index (κ1) is 19.8. The minimum atomic E-state index is -0.603. The number of aromatic nitrogens is 2. The molecule has 3 rings (SSSR count). The van der Waals surface area contributed by atoms with Gasteiger partial charge in [0.1, 0.15) is 5.56 Å². The average molecular weight is 390 g/mol. The van der Waals surface area contributed by atoms with Crippen LogP contribution in [0.5, 0.6) is 0 Å². The number of hydrogen-bond donors (Lipinski definition) is 3. The molecule has 4 N–H and O–H groups in total. The third-order valence-electron chi connectivity index (χ3n) is 4.11. The molecule has 148 valence electrons. The molecule has 0 aliphatic rings. The molecule has 2 aromatic carbocycles. The van der Waals surface area contributed by atoms with E-state index in [9.17, 15) is 9.59 Å². The number of amides is 2. The monoisotopic (exact) mass is 390 g/mol. The molecule has 8 nitrogen and oxygen atoms in total. The van der Waals surface area contributed by atoms with Gasteiger partial charge >= 0.3 is 0 Å². The molecule has 0 aliphatic heterocycles. The Morgan fingerprint density at radius 1 is 1.07 bits per heavy atom. The second kappa shape index (κ2) is 8.83. The molecule has 29 heavy (non-hydrogen) atoms. The van der Waals surface area contributed by atoms with E-state index in [0.717, 1.165) is 5.69 Å². The highest BCUT2D eigenvalue weighted by molar-refractivity contribution is 5.98. The summed E-state index contributed by atoms with van der Waals surface area (Å²) in [6.45, 7) is 3.99.